The molecule has 1 unspecified atom stereocenters. The van der Waals surface area contributed by atoms with E-state index in [0.29, 0.717) is 19.6 Å². The van der Waals surface area contributed by atoms with Gasteiger partial charge in [-0.3, -0.25) is 9.59 Å². The minimum atomic E-state index is -0.611. The van der Waals surface area contributed by atoms with Gasteiger partial charge in [-0.25, -0.2) is 4.79 Å². The average Bonchev–Trinajstić information content (AvgIpc) is 2.36. The Labute approximate surface area is 106 Å². The second-order valence-corrected chi connectivity index (χ2v) is 3.97. The number of hydrogen-bond donors (Lipinski definition) is 2. The van der Waals surface area contributed by atoms with Crippen LogP contribution in [0, 0.1) is 0 Å². The summed E-state index contributed by atoms with van der Waals surface area (Å²) >= 11 is 0. The highest BCUT2D eigenvalue weighted by Crippen LogP contribution is 2.06. The van der Waals surface area contributed by atoms with Crippen LogP contribution in [0.5, 0.6) is 0 Å². The minimum absolute atomic E-state index is 0.0920. The number of hydrogen-bond acceptors (Lipinski definition) is 5. The van der Waals surface area contributed by atoms with Gasteiger partial charge in [0.15, 0.2) is 0 Å². The Morgan fingerprint density at radius 1 is 1.44 bits per heavy atom. The van der Waals surface area contributed by atoms with Crippen molar-refractivity contribution < 1.29 is 19.1 Å². The summed E-state index contributed by atoms with van der Waals surface area (Å²) in [7, 11) is 0. The van der Waals surface area contributed by atoms with Gasteiger partial charge in [0.1, 0.15) is 6.04 Å². The molecule has 2 amide bonds. The second kappa shape index (κ2) is 6.95. The maximum atomic E-state index is 11.9. The molecule has 1 atom stereocenters. The summed E-state index contributed by atoms with van der Waals surface area (Å²) in [5.41, 5.74) is 0. The van der Waals surface area contributed by atoms with Gasteiger partial charge < -0.3 is 20.3 Å². The van der Waals surface area contributed by atoms with Gasteiger partial charge in [0.2, 0.25) is 11.8 Å². The molecule has 0 bridgehead atoms. The molecule has 1 saturated heterocycles. The summed E-state index contributed by atoms with van der Waals surface area (Å²) in [5, 5.41) is 5.47. The quantitative estimate of drug-likeness (QED) is 0.598. The van der Waals surface area contributed by atoms with Crippen LogP contribution in [0.1, 0.15) is 13.8 Å². The molecule has 0 spiro atoms. The van der Waals surface area contributed by atoms with Gasteiger partial charge >= 0.3 is 5.97 Å². The molecule has 0 aromatic rings. The predicted molar refractivity (Wildman–Crippen MR) is 63.7 cm³/mol. The molecule has 1 heterocycles. The third-order valence-corrected chi connectivity index (χ3v) is 2.61. The Bertz CT molecular complexity index is 332. The standard InChI is InChI=1S/C11H19N3O4/c1-3-18-11(17)9-6-12-4-5-14(9)10(16)7-13-8(2)15/h9,12H,3-7H2,1-2H3,(H,13,15). The van der Waals surface area contributed by atoms with E-state index in [4.69, 9.17) is 4.74 Å². The molecule has 1 aliphatic rings. The number of piperazine rings is 1. The van der Waals surface area contributed by atoms with Crippen LogP contribution in [-0.4, -0.2) is 61.5 Å². The van der Waals surface area contributed by atoms with Gasteiger partial charge in [0.25, 0.3) is 0 Å². The summed E-state index contributed by atoms with van der Waals surface area (Å²) in [5.74, 6) is -0.961. The first-order chi connectivity index (χ1) is 8.56. The lowest BCUT2D eigenvalue weighted by Gasteiger charge is -2.34. The number of esters is 1. The number of carbonyl (C=O) groups excluding carboxylic acids is 3. The number of carbonyl (C=O) groups is 3. The highest BCUT2D eigenvalue weighted by atomic mass is 16.5. The molecule has 102 valence electrons. The Balaban J connectivity index is 2.60. The first kappa shape index (κ1) is 14.4. The zero-order valence-corrected chi connectivity index (χ0v) is 10.7. The molecule has 18 heavy (non-hydrogen) atoms. The SMILES string of the molecule is CCOC(=O)C1CNCCN1C(=O)CNC(C)=O. The molecule has 7 heteroatoms. The lowest BCUT2D eigenvalue weighted by molar-refractivity contribution is -0.155. The topological polar surface area (TPSA) is 87.7 Å². The molecule has 0 radical (unpaired) electrons. The van der Waals surface area contributed by atoms with Crippen LogP contribution in [0.3, 0.4) is 0 Å². The maximum absolute atomic E-state index is 11.9. The number of ether oxygens (including phenoxy) is 1. The van der Waals surface area contributed by atoms with Gasteiger partial charge in [-0.2, -0.15) is 0 Å². The van der Waals surface area contributed by atoms with Crippen LogP contribution in [0.25, 0.3) is 0 Å². The first-order valence-electron chi connectivity index (χ1n) is 5.97. The summed E-state index contributed by atoms with van der Waals surface area (Å²) in [4.78, 5) is 35.8. The zero-order valence-electron chi connectivity index (χ0n) is 10.7. The summed E-state index contributed by atoms with van der Waals surface area (Å²) < 4.78 is 4.93. The van der Waals surface area contributed by atoms with Crippen molar-refractivity contribution in [3.8, 4) is 0 Å². The molecule has 0 aromatic carbocycles. The Kier molecular flexibility index (Phi) is 5.57. The molecule has 0 aliphatic carbocycles. The van der Waals surface area contributed by atoms with Crippen molar-refractivity contribution in [3.05, 3.63) is 0 Å². The van der Waals surface area contributed by atoms with E-state index >= 15 is 0 Å². The third kappa shape index (κ3) is 3.99. The summed E-state index contributed by atoms with van der Waals surface area (Å²) in [6.45, 7) is 4.69. The van der Waals surface area contributed by atoms with Crippen LogP contribution < -0.4 is 10.6 Å². The molecule has 7 nitrogen and oxygen atoms in total. The van der Waals surface area contributed by atoms with E-state index in [-0.39, 0.29) is 25.0 Å². The number of nitrogens with one attached hydrogen (secondary N) is 2. The second-order valence-electron chi connectivity index (χ2n) is 3.97. The minimum Gasteiger partial charge on any atom is -0.464 e. The highest BCUT2D eigenvalue weighted by molar-refractivity contribution is 5.88. The molecular formula is C11H19N3O4. The van der Waals surface area contributed by atoms with E-state index in [1.54, 1.807) is 6.92 Å². The molecule has 0 saturated carbocycles. The van der Waals surface area contributed by atoms with Gasteiger partial charge in [-0.15, -0.1) is 0 Å². The number of rotatable bonds is 4. The van der Waals surface area contributed by atoms with E-state index < -0.39 is 12.0 Å². The summed E-state index contributed by atoms with van der Waals surface area (Å²) in [6, 6.07) is -0.611. The van der Waals surface area contributed by atoms with Crippen molar-refractivity contribution in [1.29, 1.82) is 0 Å². The monoisotopic (exact) mass is 257 g/mol. The lowest BCUT2D eigenvalue weighted by atomic mass is 10.2. The van der Waals surface area contributed by atoms with Crippen LogP contribution in [0.2, 0.25) is 0 Å². The smallest absolute Gasteiger partial charge is 0.330 e. The van der Waals surface area contributed by atoms with Crippen molar-refractivity contribution in [2.45, 2.75) is 19.9 Å². The number of amides is 2. The molecule has 2 N–H and O–H groups in total. The fraction of sp³-hybridized carbons (Fsp3) is 0.727. The van der Waals surface area contributed by atoms with Crippen LogP contribution in [0.15, 0.2) is 0 Å². The van der Waals surface area contributed by atoms with E-state index in [0.717, 1.165) is 0 Å². The third-order valence-electron chi connectivity index (χ3n) is 2.61. The van der Waals surface area contributed by atoms with Gasteiger partial charge in [-0.1, -0.05) is 0 Å². The van der Waals surface area contributed by atoms with Crippen LogP contribution in [-0.2, 0) is 19.1 Å². The van der Waals surface area contributed by atoms with Crippen molar-refractivity contribution in [3.63, 3.8) is 0 Å². The highest BCUT2D eigenvalue weighted by Gasteiger charge is 2.32. The van der Waals surface area contributed by atoms with Crippen molar-refractivity contribution in [1.82, 2.24) is 15.5 Å². The molecule has 0 aromatic heterocycles. The van der Waals surface area contributed by atoms with Gasteiger partial charge in [0.05, 0.1) is 13.2 Å². The van der Waals surface area contributed by atoms with Crippen molar-refractivity contribution >= 4 is 17.8 Å². The molecular weight excluding hydrogens is 238 g/mol. The predicted octanol–water partition coefficient (Wildman–Crippen LogP) is -1.51. The maximum Gasteiger partial charge on any atom is 0.330 e. The van der Waals surface area contributed by atoms with E-state index in [1.165, 1.54) is 11.8 Å². The van der Waals surface area contributed by atoms with Crippen molar-refractivity contribution in [2.24, 2.45) is 0 Å². The molecule has 1 fully saturated rings. The van der Waals surface area contributed by atoms with E-state index in [9.17, 15) is 14.4 Å². The van der Waals surface area contributed by atoms with Gasteiger partial charge in [0, 0.05) is 26.6 Å². The zero-order chi connectivity index (χ0) is 13.5. The Morgan fingerprint density at radius 3 is 2.78 bits per heavy atom. The fourth-order valence-electron chi connectivity index (χ4n) is 1.75. The van der Waals surface area contributed by atoms with Crippen LogP contribution in [0.4, 0.5) is 0 Å². The van der Waals surface area contributed by atoms with E-state index in [2.05, 4.69) is 10.6 Å². The largest absolute Gasteiger partial charge is 0.464 e. The molecule has 1 aliphatic heterocycles. The van der Waals surface area contributed by atoms with E-state index in [1.807, 2.05) is 0 Å². The Hall–Kier alpha value is -1.63. The average molecular weight is 257 g/mol. The summed E-state index contributed by atoms with van der Waals surface area (Å²) in [6.07, 6.45) is 0. The fourth-order valence-corrected chi connectivity index (χ4v) is 1.75. The first-order valence-corrected chi connectivity index (χ1v) is 5.97. The Morgan fingerprint density at radius 2 is 2.17 bits per heavy atom. The lowest BCUT2D eigenvalue weighted by Crippen LogP contribution is -2.59. The van der Waals surface area contributed by atoms with Crippen molar-refractivity contribution in [2.75, 3.05) is 32.8 Å². The van der Waals surface area contributed by atoms with Gasteiger partial charge in [-0.05, 0) is 6.92 Å². The van der Waals surface area contributed by atoms with Crippen LogP contribution >= 0.6 is 0 Å². The molecule has 1 rings (SSSR count). The number of nitrogens with zero attached hydrogens (tertiary/aromatic N) is 1. The normalized spacial score (nSPS) is 19.2.